The van der Waals surface area contributed by atoms with E-state index < -0.39 is 0 Å². The summed E-state index contributed by atoms with van der Waals surface area (Å²) in [6.45, 7) is 2.39. The van der Waals surface area contributed by atoms with E-state index in [1.54, 1.807) is 36.0 Å². The van der Waals surface area contributed by atoms with Crippen molar-refractivity contribution in [3.8, 4) is 0 Å². The van der Waals surface area contributed by atoms with Gasteiger partial charge < -0.3 is 9.88 Å². The van der Waals surface area contributed by atoms with Gasteiger partial charge >= 0.3 is 0 Å². The lowest BCUT2D eigenvalue weighted by molar-refractivity contribution is 0.0948. The lowest BCUT2D eigenvalue weighted by atomic mass is 10.3. The molecule has 20 heavy (non-hydrogen) atoms. The number of pyridine rings is 1. The molecule has 0 aliphatic rings. The molecule has 0 spiro atoms. The van der Waals surface area contributed by atoms with Gasteiger partial charge in [-0.15, -0.1) is 0 Å². The molecule has 0 atom stereocenters. The van der Waals surface area contributed by atoms with Gasteiger partial charge in [0.1, 0.15) is 17.0 Å². The summed E-state index contributed by atoms with van der Waals surface area (Å²) < 4.78 is 3.12. The van der Waals surface area contributed by atoms with Crippen molar-refractivity contribution in [3.63, 3.8) is 0 Å². The van der Waals surface area contributed by atoms with Crippen LogP contribution < -0.4 is 10.9 Å². The summed E-state index contributed by atoms with van der Waals surface area (Å²) in [5.74, 6) is -0.207. The highest BCUT2D eigenvalue weighted by atomic mass is 16.2. The van der Waals surface area contributed by atoms with Crippen LogP contribution in [0.2, 0.25) is 0 Å². The molecule has 3 aromatic rings. The standard InChI is InChI=1S/C14H14N4O2/c1-3-15-13(19)10-8-9-12(17(10)2)16-11-6-4-5-7-18(11)14(9)20/h4-8H,3H2,1-2H3,(H,15,19). The van der Waals surface area contributed by atoms with E-state index in [2.05, 4.69) is 10.3 Å². The molecule has 3 heterocycles. The highest BCUT2D eigenvalue weighted by Gasteiger charge is 2.16. The Morgan fingerprint density at radius 1 is 1.40 bits per heavy atom. The van der Waals surface area contributed by atoms with Crippen LogP contribution in [-0.4, -0.2) is 26.4 Å². The molecule has 0 bridgehead atoms. The minimum Gasteiger partial charge on any atom is -0.351 e. The van der Waals surface area contributed by atoms with Crippen LogP contribution in [0.15, 0.2) is 35.3 Å². The maximum absolute atomic E-state index is 12.4. The molecule has 3 aromatic heterocycles. The smallest absolute Gasteiger partial charge is 0.267 e. The van der Waals surface area contributed by atoms with Crippen molar-refractivity contribution in [1.29, 1.82) is 0 Å². The van der Waals surface area contributed by atoms with E-state index in [9.17, 15) is 9.59 Å². The van der Waals surface area contributed by atoms with E-state index in [1.165, 1.54) is 4.40 Å². The van der Waals surface area contributed by atoms with Gasteiger partial charge in [-0.05, 0) is 25.1 Å². The fourth-order valence-corrected chi connectivity index (χ4v) is 2.29. The van der Waals surface area contributed by atoms with Gasteiger partial charge in [0.2, 0.25) is 0 Å². The number of aromatic nitrogens is 3. The number of hydrogen-bond donors (Lipinski definition) is 1. The van der Waals surface area contributed by atoms with Crippen molar-refractivity contribution in [1.82, 2.24) is 19.3 Å². The second-order valence-corrected chi connectivity index (χ2v) is 4.53. The van der Waals surface area contributed by atoms with Crippen LogP contribution in [0.5, 0.6) is 0 Å². The summed E-state index contributed by atoms with van der Waals surface area (Å²) in [5.41, 5.74) is 1.34. The summed E-state index contributed by atoms with van der Waals surface area (Å²) in [4.78, 5) is 28.8. The summed E-state index contributed by atoms with van der Waals surface area (Å²) in [7, 11) is 1.73. The first kappa shape index (κ1) is 12.4. The molecule has 1 amide bonds. The van der Waals surface area contributed by atoms with E-state index in [1.807, 2.05) is 13.0 Å². The van der Waals surface area contributed by atoms with Crippen LogP contribution in [0, 0.1) is 0 Å². The molecule has 0 fully saturated rings. The van der Waals surface area contributed by atoms with E-state index in [0.717, 1.165) is 0 Å². The average Bonchev–Trinajstić information content (AvgIpc) is 2.78. The zero-order valence-electron chi connectivity index (χ0n) is 11.3. The first-order valence-electron chi connectivity index (χ1n) is 6.38. The van der Waals surface area contributed by atoms with Crippen LogP contribution in [-0.2, 0) is 7.05 Å². The van der Waals surface area contributed by atoms with Gasteiger partial charge in [-0.2, -0.15) is 0 Å². The third-order valence-corrected chi connectivity index (χ3v) is 3.28. The van der Waals surface area contributed by atoms with Gasteiger partial charge in [0.25, 0.3) is 11.5 Å². The van der Waals surface area contributed by atoms with Crippen molar-refractivity contribution < 1.29 is 4.79 Å². The van der Waals surface area contributed by atoms with Gasteiger partial charge in [0.15, 0.2) is 0 Å². The molecule has 0 saturated carbocycles. The number of hydrogen-bond acceptors (Lipinski definition) is 3. The molecule has 0 radical (unpaired) electrons. The number of rotatable bonds is 2. The molecule has 1 N–H and O–H groups in total. The lowest BCUT2D eigenvalue weighted by Gasteiger charge is -2.04. The molecule has 6 heteroatoms. The quantitative estimate of drug-likeness (QED) is 0.753. The van der Waals surface area contributed by atoms with E-state index >= 15 is 0 Å². The van der Waals surface area contributed by atoms with Crippen molar-refractivity contribution >= 4 is 22.6 Å². The molecule has 6 nitrogen and oxygen atoms in total. The predicted octanol–water partition coefficient (Wildman–Crippen LogP) is 0.936. The average molecular weight is 270 g/mol. The van der Waals surface area contributed by atoms with Gasteiger partial charge in [-0.1, -0.05) is 6.07 Å². The maximum atomic E-state index is 12.4. The zero-order chi connectivity index (χ0) is 14.3. The third kappa shape index (κ3) is 1.69. The molecule has 3 rings (SSSR count). The van der Waals surface area contributed by atoms with E-state index in [0.29, 0.717) is 28.9 Å². The fraction of sp³-hybridized carbons (Fsp3) is 0.214. The summed E-state index contributed by atoms with van der Waals surface area (Å²) in [5, 5.41) is 3.17. The number of aryl methyl sites for hydroxylation is 1. The van der Waals surface area contributed by atoms with Gasteiger partial charge in [0, 0.05) is 19.8 Å². The molecule has 0 unspecified atom stereocenters. The zero-order valence-corrected chi connectivity index (χ0v) is 11.3. The van der Waals surface area contributed by atoms with Gasteiger partial charge in [-0.3, -0.25) is 14.0 Å². The second-order valence-electron chi connectivity index (χ2n) is 4.53. The maximum Gasteiger partial charge on any atom is 0.267 e. The van der Waals surface area contributed by atoms with Crippen molar-refractivity contribution in [2.75, 3.05) is 6.54 Å². The Morgan fingerprint density at radius 2 is 2.20 bits per heavy atom. The van der Waals surface area contributed by atoms with Crippen LogP contribution in [0.3, 0.4) is 0 Å². The molecule has 0 aliphatic heterocycles. The lowest BCUT2D eigenvalue weighted by Crippen LogP contribution is -2.24. The highest BCUT2D eigenvalue weighted by molar-refractivity contribution is 5.97. The SMILES string of the molecule is CCNC(=O)c1cc2c(=O)n3ccccc3nc2n1C. The van der Waals surface area contributed by atoms with Gasteiger partial charge in [0.05, 0.1) is 5.39 Å². The number of amides is 1. The number of carbonyl (C=O) groups excluding carboxylic acids is 1. The normalized spacial score (nSPS) is 11.1. The molecule has 0 aliphatic carbocycles. The monoisotopic (exact) mass is 270 g/mol. The van der Waals surface area contributed by atoms with Crippen LogP contribution in [0.25, 0.3) is 16.7 Å². The summed E-state index contributed by atoms with van der Waals surface area (Å²) >= 11 is 0. The predicted molar refractivity (Wildman–Crippen MR) is 75.9 cm³/mol. The Morgan fingerprint density at radius 3 is 2.95 bits per heavy atom. The Labute approximate surface area is 114 Å². The Balaban J connectivity index is 2.36. The summed E-state index contributed by atoms with van der Waals surface area (Å²) in [6, 6.07) is 6.95. The van der Waals surface area contributed by atoms with Crippen molar-refractivity contribution in [2.45, 2.75) is 6.92 Å². The van der Waals surface area contributed by atoms with E-state index in [-0.39, 0.29) is 11.5 Å². The Bertz CT molecular complexity index is 876. The van der Waals surface area contributed by atoms with Crippen LogP contribution in [0.4, 0.5) is 0 Å². The number of nitrogens with one attached hydrogen (secondary N) is 1. The first-order chi connectivity index (χ1) is 9.63. The third-order valence-electron chi connectivity index (χ3n) is 3.28. The Hall–Kier alpha value is -2.63. The summed E-state index contributed by atoms with van der Waals surface area (Å²) in [6.07, 6.45) is 1.67. The minimum absolute atomic E-state index is 0.170. The molecular weight excluding hydrogens is 256 g/mol. The molecular formula is C14H14N4O2. The van der Waals surface area contributed by atoms with Gasteiger partial charge in [-0.25, -0.2) is 4.98 Å². The number of nitrogens with zero attached hydrogens (tertiary/aromatic N) is 3. The van der Waals surface area contributed by atoms with Crippen molar-refractivity contribution in [3.05, 3.63) is 46.5 Å². The topological polar surface area (TPSA) is 68.4 Å². The molecule has 102 valence electrons. The molecule has 0 aromatic carbocycles. The first-order valence-corrected chi connectivity index (χ1v) is 6.38. The van der Waals surface area contributed by atoms with E-state index in [4.69, 9.17) is 0 Å². The van der Waals surface area contributed by atoms with Crippen molar-refractivity contribution in [2.24, 2.45) is 7.05 Å². The fourth-order valence-electron chi connectivity index (χ4n) is 2.29. The Kier molecular flexibility index (Phi) is 2.78. The highest BCUT2D eigenvalue weighted by Crippen LogP contribution is 2.14. The van der Waals surface area contributed by atoms with Crippen LogP contribution in [0.1, 0.15) is 17.4 Å². The second kappa shape index (κ2) is 4.48. The molecule has 0 saturated heterocycles. The van der Waals surface area contributed by atoms with Crippen LogP contribution >= 0.6 is 0 Å². The number of fused-ring (bicyclic) bond motifs is 2. The largest absolute Gasteiger partial charge is 0.351 e. The number of carbonyl (C=O) groups is 1. The minimum atomic E-state index is -0.207.